The lowest BCUT2D eigenvalue weighted by Crippen LogP contribution is -2.34. The average Bonchev–Trinajstić information content (AvgIpc) is 3.19. The van der Waals surface area contributed by atoms with Crippen molar-refractivity contribution in [2.24, 2.45) is 0 Å². The van der Waals surface area contributed by atoms with Gasteiger partial charge in [-0.05, 0) is 43.2 Å². The molecule has 5 nitrogen and oxygen atoms in total. The Kier molecular flexibility index (Phi) is 7.54. The lowest BCUT2D eigenvalue weighted by atomic mass is 10.1. The Hall–Kier alpha value is -2.77. The van der Waals surface area contributed by atoms with Gasteiger partial charge in [0.1, 0.15) is 23.2 Å². The number of rotatable bonds is 9. The molecule has 0 saturated carbocycles. The van der Waals surface area contributed by atoms with E-state index in [2.05, 4.69) is 4.98 Å². The molecule has 0 aliphatic rings. The third-order valence-corrected chi connectivity index (χ3v) is 5.69. The second kappa shape index (κ2) is 10.3. The van der Waals surface area contributed by atoms with E-state index in [0.717, 1.165) is 22.0 Å². The summed E-state index contributed by atoms with van der Waals surface area (Å²) in [5, 5.41) is 2.71. The van der Waals surface area contributed by atoms with Crippen LogP contribution < -0.4 is 4.74 Å². The molecule has 0 N–H and O–H groups in total. The van der Waals surface area contributed by atoms with Crippen LogP contribution in [0.4, 0.5) is 4.39 Å². The number of nitrogens with zero attached hydrogens (tertiary/aromatic N) is 2. The zero-order valence-corrected chi connectivity index (χ0v) is 18.2. The molecule has 0 unspecified atom stereocenters. The van der Waals surface area contributed by atoms with Crippen LogP contribution >= 0.6 is 11.3 Å². The molecule has 0 fully saturated rings. The third kappa shape index (κ3) is 5.43. The van der Waals surface area contributed by atoms with Gasteiger partial charge in [0.05, 0.1) is 24.4 Å². The number of halogens is 1. The maximum atomic E-state index is 14.1. The number of carbonyl (C=O) groups excluding carboxylic acids is 1. The van der Waals surface area contributed by atoms with E-state index in [0.29, 0.717) is 19.8 Å². The summed E-state index contributed by atoms with van der Waals surface area (Å²) in [6, 6.07) is 11.9. The number of ether oxygens (including phenoxy) is 2. The van der Waals surface area contributed by atoms with Crippen LogP contribution in [0.1, 0.15) is 32.2 Å². The summed E-state index contributed by atoms with van der Waals surface area (Å²) in [6.45, 7) is 5.40. The fourth-order valence-corrected chi connectivity index (χ4v) is 3.66. The molecule has 30 heavy (non-hydrogen) atoms. The summed E-state index contributed by atoms with van der Waals surface area (Å²) in [5.74, 6) is -0.0830. The number of carbonyl (C=O) groups is 1. The standard InChI is InChI=1S/C23H25FN2O3S/c1-16-7-6-10-21(17(16)2)29-14-22-25-18(15-30-22)13-26(11-12-28-3)23(27)19-8-4-5-9-20(19)24/h4-10,15H,11-14H2,1-3H3. The van der Waals surface area contributed by atoms with Gasteiger partial charge in [-0.25, -0.2) is 9.37 Å². The smallest absolute Gasteiger partial charge is 0.257 e. The lowest BCUT2D eigenvalue weighted by Gasteiger charge is -2.21. The molecule has 0 radical (unpaired) electrons. The van der Waals surface area contributed by atoms with Crippen molar-refractivity contribution in [1.29, 1.82) is 0 Å². The molecule has 1 aromatic heterocycles. The summed E-state index contributed by atoms with van der Waals surface area (Å²) in [4.78, 5) is 19.0. The summed E-state index contributed by atoms with van der Waals surface area (Å²) in [7, 11) is 1.57. The predicted octanol–water partition coefficient (Wildman–Crippen LogP) is 4.77. The molecule has 0 aliphatic carbocycles. The molecule has 3 aromatic rings. The van der Waals surface area contributed by atoms with E-state index in [1.165, 1.54) is 29.0 Å². The molecule has 0 atom stereocenters. The summed E-state index contributed by atoms with van der Waals surface area (Å²) < 4.78 is 25.1. The normalized spacial score (nSPS) is 10.8. The van der Waals surface area contributed by atoms with Crippen molar-refractivity contribution in [3.63, 3.8) is 0 Å². The Bertz CT molecular complexity index is 1010. The molecule has 0 spiro atoms. The fraction of sp³-hybridized carbons (Fsp3) is 0.304. The Balaban J connectivity index is 1.68. The van der Waals surface area contributed by atoms with Gasteiger partial charge in [0.25, 0.3) is 5.91 Å². The van der Waals surface area contributed by atoms with Crippen LogP contribution in [0.15, 0.2) is 47.8 Å². The average molecular weight is 429 g/mol. The first-order chi connectivity index (χ1) is 14.5. The Labute approximate surface area is 180 Å². The number of hydrogen-bond acceptors (Lipinski definition) is 5. The maximum absolute atomic E-state index is 14.1. The van der Waals surface area contributed by atoms with E-state index in [1.54, 1.807) is 24.1 Å². The van der Waals surface area contributed by atoms with E-state index < -0.39 is 5.82 Å². The quantitative estimate of drug-likeness (QED) is 0.493. The minimum Gasteiger partial charge on any atom is -0.486 e. The number of amides is 1. The molecule has 0 aliphatic heterocycles. The highest BCUT2D eigenvalue weighted by atomic mass is 32.1. The lowest BCUT2D eigenvalue weighted by molar-refractivity contribution is 0.0673. The minimum absolute atomic E-state index is 0.0438. The van der Waals surface area contributed by atoms with Gasteiger partial charge in [-0.15, -0.1) is 11.3 Å². The topological polar surface area (TPSA) is 51.7 Å². The highest BCUT2D eigenvalue weighted by molar-refractivity contribution is 7.09. The van der Waals surface area contributed by atoms with Crippen LogP contribution in [0.5, 0.6) is 5.75 Å². The van der Waals surface area contributed by atoms with Crippen LogP contribution in [0, 0.1) is 19.7 Å². The minimum atomic E-state index is -0.536. The van der Waals surface area contributed by atoms with Crippen LogP contribution in [0.25, 0.3) is 0 Å². The van der Waals surface area contributed by atoms with Gasteiger partial charge in [0.2, 0.25) is 0 Å². The molecular formula is C23H25FN2O3S. The Morgan fingerprint density at radius 2 is 1.97 bits per heavy atom. The van der Waals surface area contributed by atoms with Crippen LogP contribution in [0.3, 0.4) is 0 Å². The molecule has 3 rings (SSSR count). The first kappa shape index (κ1) is 21.9. The largest absolute Gasteiger partial charge is 0.486 e. The van der Waals surface area contributed by atoms with Crippen LogP contribution in [-0.4, -0.2) is 36.1 Å². The molecule has 1 amide bonds. The van der Waals surface area contributed by atoms with E-state index in [1.807, 2.05) is 37.4 Å². The number of hydrogen-bond donors (Lipinski definition) is 0. The first-order valence-corrected chi connectivity index (χ1v) is 10.5. The number of methoxy groups -OCH3 is 1. The maximum Gasteiger partial charge on any atom is 0.257 e. The van der Waals surface area contributed by atoms with Crippen LogP contribution in [0.2, 0.25) is 0 Å². The van der Waals surface area contributed by atoms with E-state index in [-0.39, 0.29) is 18.0 Å². The van der Waals surface area contributed by atoms with Crippen molar-refractivity contribution in [3.05, 3.63) is 81.1 Å². The summed E-state index contributed by atoms with van der Waals surface area (Å²) in [5.41, 5.74) is 3.06. The van der Waals surface area contributed by atoms with Crippen molar-refractivity contribution in [3.8, 4) is 5.75 Å². The van der Waals surface area contributed by atoms with Crippen molar-refractivity contribution in [1.82, 2.24) is 9.88 Å². The zero-order valence-electron chi connectivity index (χ0n) is 17.4. The fourth-order valence-electron chi connectivity index (χ4n) is 2.96. The molecule has 2 aromatic carbocycles. The van der Waals surface area contributed by atoms with Gasteiger partial charge in [-0.3, -0.25) is 4.79 Å². The first-order valence-electron chi connectivity index (χ1n) is 9.64. The number of aromatic nitrogens is 1. The molecule has 1 heterocycles. The van der Waals surface area contributed by atoms with Crippen molar-refractivity contribution in [2.45, 2.75) is 27.0 Å². The van der Waals surface area contributed by atoms with Crippen molar-refractivity contribution in [2.75, 3.05) is 20.3 Å². The summed E-state index contributed by atoms with van der Waals surface area (Å²) in [6.07, 6.45) is 0. The van der Waals surface area contributed by atoms with Crippen LogP contribution in [-0.2, 0) is 17.9 Å². The highest BCUT2D eigenvalue weighted by Gasteiger charge is 2.20. The van der Waals surface area contributed by atoms with Gasteiger partial charge in [0.15, 0.2) is 0 Å². The predicted molar refractivity (Wildman–Crippen MR) is 115 cm³/mol. The summed E-state index contributed by atoms with van der Waals surface area (Å²) >= 11 is 1.48. The Morgan fingerprint density at radius 1 is 1.17 bits per heavy atom. The van der Waals surface area contributed by atoms with Gasteiger partial charge in [0, 0.05) is 19.0 Å². The third-order valence-electron chi connectivity index (χ3n) is 4.82. The van der Waals surface area contributed by atoms with Gasteiger partial charge >= 0.3 is 0 Å². The number of benzene rings is 2. The molecule has 0 bridgehead atoms. The van der Waals surface area contributed by atoms with Crippen molar-refractivity contribution < 1.29 is 18.7 Å². The molecular weight excluding hydrogens is 403 g/mol. The van der Waals surface area contributed by atoms with E-state index in [9.17, 15) is 9.18 Å². The molecule has 158 valence electrons. The van der Waals surface area contributed by atoms with Gasteiger partial charge in [-0.1, -0.05) is 24.3 Å². The second-order valence-corrected chi connectivity index (χ2v) is 7.86. The van der Waals surface area contributed by atoms with Crippen molar-refractivity contribution >= 4 is 17.2 Å². The van der Waals surface area contributed by atoms with Gasteiger partial charge < -0.3 is 14.4 Å². The zero-order chi connectivity index (χ0) is 21.5. The second-order valence-electron chi connectivity index (χ2n) is 6.92. The van der Waals surface area contributed by atoms with Gasteiger partial charge in [-0.2, -0.15) is 0 Å². The SMILES string of the molecule is COCCN(Cc1csc(COc2cccc(C)c2C)n1)C(=O)c1ccccc1F. The van der Waals surface area contributed by atoms with E-state index >= 15 is 0 Å². The Morgan fingerprint density at radius 3 is 2.73 bits per heavy atom. The monoisotopic (exact) mass is 428 g/mol. The highest BCUT2D eigenvalue weighted by Crippen LogP contribution is 2.23. The number of aryl methyl sites for hydroxylation is 1. The number of thiazole rings is 1. The molecule has 7 heteroatoms. The van der Waals surface area contributed by atoms with E-state index in [4.69, 9.17) is 9.47 Å². The molecule has 0 saturated heterocycles.